The van der Waals surface area contributed by atoms with Crippen molar-refractivity contribution < 1.29 is 20.4 Å². The normalized spacial score (nSPS) is 12.2. The average Bonchev–Trinajstić information content (AvgIpc) is 2.41. The molecule has 18 heavy (non-hydrogen) atoms. The van der Waals surface area contributed by atoms with Crippen LogP contribution in [0.5, 0.6) is 0 Å². The highest BCUT2D eigenvalue weighted by Gasteiger charge is 2.02. The van der Waals surface area contributed by atoms with Gasteiger partial charge in [-0.15, -0.1) is 0 Å². The van der Waals surface area contributed by atoms with Crippen molar-refractivity contribution in [2.24, 2.45) is 5.92 Å². The van der Waals surface area contributed by atoms with Crippen LogP contribution < -0.4 is 0 Å². The van der Waals surface area contributed by atoms with Gasteiger partial charge in [-0.05, 0) is 12.8 Å². The van der Waals surface area contributed by atoms with Gasteiger partial charge in [-0.25, -0.2) is 0 Å². The number of hydrogen-bond acceptors (Lipinski definition) is 4. The van der Waals surface area contributed by atoms with Crippen LogP contribution in [0.4, 0.5) is 0 Å². The third-order valence-electron chi connectivity index (χ3n) is 2.83. The summed E-state index contributed by atoms with van der Waals surface area (Å²) in [5, 5.41) is 34.4. The largest absolute Gasteiger partial charge is 0.396 e. The van der Waals surface area contributed by atoms with Gasteiger partial charge in [0.25, 0.3) is 0 Å². The van der Waals surface area contributed by atoms with Gasteiger partial charge in [0.15, 0.2) is 0 Å². The van der Waals surface area contributed by atoms with Gasteiger partial charge in [-0.2, -0.15) is 0 Å². The lowest BCUT2D eigenvalue weighted by atomic mass is 10.0. The molecule has 4 N–H and O–H groups in total. The molecule has 0 fully saturated rings. The van der Waals surface area contributed by atoms with Crippen LogP contribution in [0.25, 0.3) is 0 Å². The molecule has 4 heteroatoms. The summed E-state index contributed by atoms with van der Waals surface area (Å²) in [5.41, 5.74) is 0. The molecule has 0 aromatic heterocycles. The molecule has 0 saturated heterocycles. The summed E-state index contributed by atoms with van der Waals surface area (Å²) >= 11 is 0. The minimum absolute atomic E-state index is 0.0935. The van der Waals surface area contributed by atoms with Crippen LogP contribution in [0, 0.1) is 5.92 Å². The van der Waals surface area contributed by atoms with Crippen LogP contribution in [-0.4, -0.2) is 46.4 Å². The van der Waals surface area contributed by atoms with Crippen molar-refractivity contribution in [3.63, 3.8) is 0 Å². The second-order valence-corrected chi connectivity index (χ2v) is 4.71. The number of aliphatic hydroxyl groups is 4. The van der Waals surface area contributed by atoms with Crippen LogP contribution in [0.1, 0.15) is 58.8 Å². The number of hydrogen-bond donors (Lipinski definition) is 4. The number of unbranched alkanes of at least 4 members (excludes halogenated alkanes) is 3. The molecule has 0 heterocycles. The molecule has 0 saturated carbocycles. The standard InChI is InChI=1S/2C7H16O2/c1-2-3-4-7(5-8)6-9;1-2-3-4-5-7(9)6-8/h2*7-9H,2-6H2,1H3. The van der Waals surface area contributed by atoms with Crippen molar-refractivity contribution >= 4 is 0 Å². The van der Waals surface area contributed by atoms with Crippen molar-refractivity contribution in [3.05, 3.63) is 0 Å². The van der Waals surface area contributed by atoms with Crippen LogP contribution in [0.2, 0.25) is 0 Å². The highest BCUT2D eigenvalue weighted by atomic mass is 16.3. The van der Waals surface area contributed by atoms with E-state index in [0.29, 0.717) is 0 Å². The Kier molecular flexibility index (Phi) is 18.9. The van der Waals surface area contributed by atoms with Crippen molar-refractivity contribution in [1.29, 1.82) is 0 Å². The second-order valence-electron chi connectivity index (χ2n) is 4.71. The molecular formula is C14H32O4. The van der Waals surface area contributed by atoms with Crippen LogP contribution >= 0.6 is 0 Å². The molecule has 0 amide bonds. The molecule has 0 rings (SSSR count). The first kappa shape index (κ1) is 20.2. The lowest BCUT2D eigenvalue weighted by Crippen LogP contribution is -2.10. The average molecular weight is 264 g/mol. The van der Waals surface area contributed by atoms with E-state index in [2.05, 4.69) is 13.8 Å². The van der Waals surface area contributed by atoms with Gasteiger partial charge in [0.05, 0.1) is 12.7 Å². The summed E-state index contributed by atoms with van der Waals surface area (Å²) in [6, 6.07) is 0. The molecule has 0 spiro atoms. The fourth-order valence-corrected chi connectivity index (χ4v) is 1.45. The van der Waals surface area contributed by atoms with Gasteiger partial charge >= 0.3 is 0 Å². The molecule has 0 aromatic rings. The van der Waals surface area contributed by atoms with E-state index >= 15 is 0 Å². The SMILES string of the molecule is CCCCC(CO)CO.CCCCCC(O)CO. The molecule has 0 aliphatic rings. The van der Waals surface area contributed by atoms with E-state index < -0.39 is 6.10 Å². The highest BCUT2D eigenvalue weighted by molar-refractivity contribution is 4.54. The predicted octanol–water partition coefficient (Wildman–Crippen LogP) is 1.70. The molecule has 4 nitrogen and oxygen atoms in total. The highest BCUT2D eigenvalue weighted by Crippen LogP contribution is 2.05. The monoisotopic (exact) mass is 264 g/mol. The van der Waals surface area contributed by atoms with Gasteiger partial charge in [0.1, 0.15) is 0 Å². The summed E-state index contributed by atoms with van der Waals surface area (Å²) < 4.78 is 0. The zero-order chi connectivity index (χ0) is 14.2. The first-order valence-electron chi connectivity index (χ1n) is 7.16. The van der Waals surface area contributed by atoms with Crippen molar-refractivity contribution in [2.75, 3.05) is 19.8 Å². The summed E-state index contributed by atoms with van der Waals surface area (Å²) in [7, 11) is 0. The maximum atomic E-state index is 8.83. The van der Waals surface area contributed by atoms with E-state index in [4.69, 9.17) is 20.4 Å². The Bertz CT molecular complexity index is 138. The first-order chi connectivity index (χ1) is 8.65. The van der Waals surface area contributed by atoms with E-state index in [0.717, 1.165) is 44.9 Å². The molecule has 0 aliphatic heterocycles. The van der Waals surface area contributed by atoms with Crippen molar-refractivity contribution in [1.82, 2.24) is 0 Å². The lowest BCUT2D eigenvalue weighted by molar-refractivity contribution is 0.0861. The van der Waals surface area contributed by atoms with E-state index in [1.165, 1.54) is 0 Å². The minimum atomic E-state index is -0.489. The zero-order valence-corrected chi connectivity index (χ0v) is 12.0. The Morgan fingerprint density at radius 3 is 1.67 bits per heavy atom. The Balaban J connectivity index is 0. The molecule has 0 radical (unpaired) electrons. The van der Waals surface area contributed by atoms with Crippen molar-refractivity contribution in [3.8, 4) is 0 Å². The number of aliphatic hydroxyl groups excluding tert-OH is 4. The summed E-state index contributed by atoms with van der Waals surface area (Å²) in [4.78, 5) is 0. The second kappa shape index (κ2) is 16.8. The third-order valence-corrected chi connectivity index (χ3v) is 2.83. The van der Waals surface area contributed by atoms with Gasteiger partial charge in [0.2, 0.25) is 0 Å². The Hall–Kier alpha value is -0.160. The van der Waals surface area contributed by atoms with Gasteiger partial charge < -0.3 is 20.4 Å². The quantitative estimate of drug-likeness (QED) is 0.453. The molecular weight excluding hydrogens is 232 g/mol. The molecule has 0 aromatic carbocycles. The van der Waals surface area contributed by atoms with E-state index in [-0.39, 0.29) is 25.7 Å². The van der Waals surface area contributed by atoms with Gasteiger partial charge in [-0.1, -0.05) is 46.0 Å². The Morgan fingerprint density at radius 2 is 1.28 bits per heavy atom. The molecule has 0 bridgehead atoms. The smallest absolute Gasteiger partial charge is 0.0770 e. The Labute approximate surface area is 112 Å². The topological polar surface area (TPSA) is 80.9 Å². The maximum absolute atomic E-state index is 8.83. The molecule has 112 valence electrons. The fourth-order valence-electron chi connectivity index (χ4n) is 1.45. The van der Waals surface area contributed by atoms with Crippen LogP contribution in [0.15, 0.2) is 0 Å². The molecule has 1 atom stereocenters. The first-order valence-corrected chi connectivity index (χ1v) is 7.16. The van der Waals surface area contributed by atoms with Gasteiger partial charge in [-0.3, -0.25) is 0 Å². The van der Waals surface area contributed by atoms with Crippen LogP contribution in [-0.2, 0) is 0 Å². The summed E-state index contributed by atoms with van der Waals surface area (Å²) in [6.07, 6.45) is 6.78. The third kappa shape index (κ3) is 15.8. The van der Waals surface area contributed by atoms with Crippen LogP contribution in [0.3, 0.4) is 0 Å². The lowest BCUT2D eigenvalue weighted by Gasteiger charge is -2.07. The predicted molar refractivity (Wildman–Crippen MR) is 74.4 cm³/mol. The minimum Gasteiger partial charge on any atom is -0.396 e. The van der Waals surface area contributed by atoms with E-state index in [9.17, 15) is 0 Å². The molecule has 1 unspecified atom stereocenters. The summed E-state index contributed by atoms with van der Waals surface area (Å²) in [5.74, 6) is 0.116. The maximum Gasteiger partial charge on any atom is 0.0770 e. The molecule has 0 aliphatic carbocycles. The Morgan fingerprint density at radius 1 is 0.722 bits per heavy atom. The van der Waals surface area contributed by atoms with E-state index in [1.54, 1.807) is 0 Å². The van der Waals surface area contributed by atoms with Crippen molar-refractivity contribution in [2.45, 2.75) is 64.9 Å². The van der Waals surface area contributed by atoms with E-state index in [1.807, 2.05) is 0 Å². The zero-order valence-electron chi connectivity index (χ0n) is 12.0. The van der Waals surface area contributed by atoms with Gasteiger partial charge in [0, 0.05) is 19.1 Å². The summed E-state index contributed by atoms with van der Waals surface area (Å²) in [6.45, 7) is 4.37. The number of rotatable bonds is 10. The fraction of sp³-hybridized carbons (Fsp3) is 1.00.